The third-order valence-corrected chi connectivity index (χ3v) is 18.1. The molecule has 0 amide bonds. The molecule has 7 aliphatic carbocycles. The second-order valence-corrected chi connectivity index (χ2v) is 21.6. The lowest BCUT2D eigenvalue weighted by molar-refractivity contribution is 0.249. The van der Waals surface area contributed by atoms with Crippen LogP contribution in [0.2, 0.25) is 0 Å². The van der Waals surface area contributed by atoms with Crippen LogP contribution in [0.4, 0.5) is 17.1 Å². The van der Waals surface area contributed by atoms with E-state index in [1.165, 1.54) is 161 Å². The first-order chi connectivity index (χ1) is 33.1. The van der Waals surface area contributed by atoms with Crippen LogP contribution in [-0.2, 0) is 5.41 Å². The van der Waals surface area contributed by atoms with Gasteiger partial charge in [0.25, 0.3) is 0 Å². The molecule has 6 saturated carbocycles. The van der Waals surface area contributed by atoms with Crippen LogP contribution in [0, 0.1) is 29.6 Å². The van der Waals surface area contributed by atoms with Gasteiger partial charge in [0, 0.05) is 22.2 Å². The standard InChI is InChI=1S/C66H63N/c1-66(50-35-32-44-16-13-18-45(42-50)19-14-17-44)61-28-11-9-27-59(61)65-62(66)29-15-31-64(65)67(63-30-12-10-26-58(63)56-24-7-8-25-57(56)60-43-46-40-49(60)41-46)51-36-33-48(34-37-51)53-39-38-52(47-20-3-2-4-21-47)54-22-5-6-23-55(53)54/h2-12,15,20-31,33-34,36-39,44-46,49-50,60H,13-14,16-19,32,35,40-43H2,1H3. The minimum Gasteiger partial charge on any atom is -0.309 e. The van der Waals surface area contributed by atoms with Gasteiger partial charge < -0.3 is 4.90 Å². The molecule has 0 heterocycles. The number of nitrogens with zero attached hydrogens (tertiary/aromatic N) is 1. The van der Waals surface area contributed by atoms with Crippen LogP contribution in [-0.4, -0.2) is 0 Å². The van der Waals surface area contributed by atoms with E-state index in [0.29, 0.717) is 11.8 Å². The van der Waals surface area contributed by atoms with Gasteiger partial charge in [-0.1, -0.05) is 210 Å². The second kappa shape index (κ2) is 16.9. The van der Waals surface area contributed by atoms with Crippen LogP contribution >= 0.6 is 0 Å². The number of rotatable bonds is 8. The maximum absolute atomic E-state index is 2.65. The molecule has 7 aliphatic rings. The van der Waals surface area contributed by atoms with Gasteiger partial charge in [-0.3, -0.25) is 0 Å². The molecule has 3 atom stereocenters. The number of hydrogen-bond acceptors (Lipinski definition) is 1. The minimum absolute atomic E-state index is 0.0582. The fourth-order valence-corrected chi connectivity index (χ4v) is 14.7. The Hall–Kier alpha value is -6.18. The van der Waals surface area contributed by atoms with Crippen molar-refractivity contribution in [3.05, 3.63) is 199 Å². The van der Waals surface area contributed by atoms with Crippen molar-refractivity contribution in [3.63, 3.8) is 0 Å². The Morgan fingerprint density at radius 3 is 1.73 bits per heavy atom. The second-order valence-electron chi connectivity index (χ2n) is 21.6. The molecule has 3 unspecified atom stereocenters. The number of anilines is 3. The van der Waals surface area contributed by atoms with Gasteiger partial charge in [0.15, 0.2) is 0 Å². The molecule has 0 saturated heterocycles. The highest BCUT2D eigenvalue weighted by Gasteiger charge is 2.48. The fraction of sp³-hybridized carbons (Fsp3) is 0.303. The van der Waals surface area contributed by atoms with Crippen LogP contribution in [0.5, 0.6) is 0 Å². The first-order valence-electron chi connectivity index (χ1n) is 26.0. The van der Waals surface area contributed by atoms with Crippen LogP contribution in [0.15, 0.2) is 182 Å². The number of hydrogen-bond donors (Lipinski definition) is 0. The largest absolute Gasteiger partial charge is 0.309 e. The summed E-state index contributed by atoms with van der Waals surface area (Å²) in [6.45, 7) is 2.65. The van der Waals surface area contributed by atoms with E-state index in [-0.39, 0.29) is 5.41 Å². The van der Waals surface area contributed by atoms with Gasteiger partial charge in [-0.05, 0) is 153 Å². The van der Waals surface area contributed by atoms with Crippen molar-refractivity contribution in [3.8, 4) is 44.5 Å². The van der Waals surface area contributed by atoms with Crippen LogP contribution in [0.1, 0.15) is 107 Å². The molecular weight excluding hydrogens is 807 g/mol. The minimum atomic E-state index is -0.0582. The van der Waals surface area contributed by atoms with Crippen LogP contribution in [0.3, 0.4) is 0 Å². The van der Waals surface area contributed by atoms with Crippen molar-refractivity contribution >= 4 is 27.8 Å². The van der Waals surface area contributed by atoms with Gasteiger partial charge in [-0.25, -0.2) is 0 Å². The number of fused-ring (bicyclic) bond motifs is 12. The molecule has 1 nitrogen and oxygen atoms in total. The Kier molecular flexibility index (Phi) is 10.3. The maximum Gasteiger partial charge on any atom is 0.0543 e. The maximum atomic E-state index is 2.65. The molecule has 67 heavy (non-hydrogen) atoms. The zero-order valence-corrected chi connectivity index (χ0v) is 39.2. The highest BCUT2D eigenvalue weighted by molar-refractivity contribution is 6.05. The van der Waals surface area contributed by atoms with Gasteiger partial charge >= 0.3 is 0 Å². The highest BCUT2D eigenvalue weighted by Crippen LogP contribution is 2.61. The molecule has 0 radical (unpaired) electrons. The predicted octanol–water partition coefficient (Wildman–Crippen LogP) is 18.5. The number of para-hydroxylation sites is 1. The van der Waals surface area contributed by atoms with E-state index in [1.807, 2.05) is 0 Å². The molecule has 0 spiro atoms. The average molecular weight is 870 g/mol. The lowest BCUT2D eigenvalue weighted by atomic mass is 9.65. The third-order valence-electron chi connectivity index (χ3n) is 18.1. The molecule has 8 aromatic carbocycles. The zero-order chi connectivity index (χ0) is 44.5. The molecule has 4 bridgehead atoms. The van der Waals surface area contributed by atoms with E-state index in [9.17, 15) is 0 Å². The van der Waals surface area contributed by atoms with Gasteiger partial charge in [0.1, 0.15) is 0 Å². The quantitative estimate of drug-likeness (QED) is 0.147. The van der Waals surface area contributed by atoms with Gasteiger partial charge in [-0.2, -0.15) is 0 Å². The van der Waals surface area contributed by atoms with E-state index < -0.39 is 0 Å². The lowest BCUT2D eigenvalue weighted by Crippen LogP contribution is -2.33. The Morgan fingerprint density at radius 1 is 0.403 bits per heavy atom. The SMILES string of the molecule is CC1(C2CCC3CCCC(CCC3)C2)c2ccccc2-c2c(N(c3ccc(-c4ccc(-c5ccccc5)c5ccccc45)cc3)c3ccccc3-c3ccccc3C3CC4CC3C4)cccc21. The predicted molar refractivity (Wildman–Crippen MR) is 282 cm³/mol. The van der Waals surface area contributed by atoms with Crippen molar-refractivity contribution in [2.24, 2.45) is 29.6 Å². The first kappa shape index (κ1) is 41.0. The van der Waals surface area contributed by atoms with Gasteiger partial charge in [0.05, 0.1) is 11.4 Å². The van der Waals surface area contributed by atoms with Crippen molar-refractivity contribution in [2.75, 3.05) is 4.90 Å². The fourth-order valence-electron chi connectivity index (χ4n) is 14.7. The first-order valence-corrected chi connectivity index (χ1v) is 26.0. The summed E-state index contributed by atoms with van der Waals surface area (Å²) in [6.07, 6.45) is 16.7. The third kappa shape index (κ3) is 6.93. The average Bonchev–Trinajstić information content (AvgIpc) is 4.09. The molecular formula is C66H63N. The summed E-state index contributed by atoms with van der Waals surface area (Å²) in [5, 5.41) is 2.57. The Balaban J connectivity index is 0.989. The molecule has 0 N–H and O–H groups in total. The van der Waals surface area contributed by atoms with E-state index >= 15 is 0 Å². The van der Waals surface area contributed by atoms with Gasteiger partial charge in [0.2, 0.25) is 0 Å². The zero-order valence-electron chi connectivity index (χ0n) is 39.2. The Labute approximate surface area is 398 Å². The Bertz CT molecular complexity index is 3090. The van der Waals surface area contributed by atoms with E-state index in [2.05, 4.69) is 194 Å². The number of benzene rings is 8. The monoisotopic (exact) mass is 869 g/mol. The van der Waals surface area contributed by atoms with Gasteiger partial charge in [-0.15, -0.1) is 0 Å². The van der Waals surface area contributed by atoms with Crippen molar-refractivity contribution < 1.29 is 0 Å². The highest BCUT2D eigenvalue weighted by atomic mass is 15.1. The summed E-state index contributed by atoms with van der Waals surface area (Å²) in [4.78, 5) is 2.65. The molecule has 0 aromatic heterocycles. The molecule has 6 fully saturated rings. The van der Waals surface area contributed by atoms with E-state index in [4.69, 9.17) is 0 Å². The molecule has 332 valence electrons. The Morgan fingerprint density at radius 2 is 1.00 bits per heavy atom. The summed E-state index contributed by atoms with van der Waals surface area (Å²) in [5.74, 6) is 4.71. The van der Waals surface area contributed by atoms with Crippen LogP contribution in [0.25, 0.3) is 55.3 Å². The van der Waals surface area contributed by atoms with Crippen molar-refractivity contribution in [1.29, 1.82) is 0 Å². The van der Waals surface area contributed by atoms with Crippen LogP contribution < -0.4 is 4.90 Å². The molecule has 8 aromatic rings. The normalized spacial score (nSPS) is 25.0. The summed E-state index contributed by atoms with van der Waals surface area (Å²) in [5.41, 5.74) is 18.9. The lowest BCUT2D eigenvalue weighted by Gasteiger charge is -2.39. The molecule has 15 rings (SSSR count). The van der Waals surface area contributed by atoms with E-state index in [1.54, 1.807) is 5.56 Å². The van der Waals surface area contributed by atoms with Crippen molar-refractivity contribution in [2.45, 2.75) is 95.3 Å². The topological polar surface area (TPSA) is 3.24 Å². The summed E-state index contributed by atoms with van der Waals surface area (Å²) >= 11 is 0. The van der Waals surface area contributed by atoms with E-state index in [0.717, 1.165) is 23.7 Å². The van der Waals surface area contributed by atoms with Crippen molar-refractivity contribution in [1.82, 2.24) is 0 Å². The summed E-state index contributed by atoms with van der Waals surface area (Å²) in [7, 11) is 0. The molecule has 0 aliphatic heterocycles. The summed E-state index contributed by atoms with van der Waals surface area (Å²) < 4.78 is 0. The molecule has 1 heteroatoms. The smallest absolute Gasteiger partial charge is 0.0543 e. The summed E-state index contributed by atoms with van der Waals surface area (Å²) in [6, 6.07) is 69.7.